The fourth-order valence-electron chi connectivity index (χ4n) is 3.19. The molecule has 3 rings (SSSR count). The van der Waals surface area contributed by atoms with Gasteiger partial charge in [0.25, 0.3) is 0 Å². The quantitative estimate of drug-likeness (QED) is 0.798. The van der Waals surface area contributed by atoms with E-state index < -0.39 is 33.2 Å². The van der Waals surface area contributed by atoms with E-state index in [1.807, 2.05) is 0 Å². The standard InChI is InChI=1S/C19H19F3N4OS/c1-11-5-12(10-28(2,24)27)7-14(6-11)26-18(17(22)9-25-19(26)23)15-4-3-13(20)8-16(15)21/h3-9,18,24H,10H2,1-2H3,(H2,23,25). The summed E-state index contributed by atoms with van der Waals surface area (Å²) < 4.78 is 62.0. The first kappa shape index (κ1) is 19.9. The van der Waals surface area contributed by atoms with Gasteiger partial charge in [-0.2, -0.15) is 0 Å². The second kappa shape index (κ2) is 7.31. The third-order valence-corrected chi connectivity index (χ3v) is 5.07. The summed E-state index contributed by atoms with van der Waals surface area (Å²) in [6.07, 6.45) is 2.23. The number of halogens is 3. The van der Waals surface area contributed by atoms with Gasteiger partial charge in [-0.15, -0.1) is 0 Å². The molecular weight excluding hydrogens is 389 g/mol. The smallest absolute Gasteiger partial charge is 0.201 e. The second-order valence-electron chi connectivity index (χ2n) is 6.77. The monoisotopic (exact) mass is 408 g/mol. The van der Waals surface area contributed by atoms with Crippen LogP contribution in [0.1, 0.15) is 22.7 Å². The van der Waals surface area contributed by atoms with Crippen molar-refractivity contribution in [1.82, 2.24) is 0 Å². The Morgan fingerprint density at radius 1 is 1.21 bits per heavy atom. The summed E-state index contributed by atoms with van der Waals surface area (Å²) in [7, 11) is -2.81. The van der Waals surface area contributed by atoms with Gasteiger partial charge in [-0.3, -0.25) is 9.68 Å². The molecule has 2 aromatic carbocycles. The van der Waals surface area contributed by atoms with Crippen molar-refractivity contribution in [3.8, 4) is 0 Å². The molecule has 0 bridgehead atoms. The largest absolute Gasteiger partial charge is 0.369 e. The van der Waals surface area contributed by atoms with Crippen molar-refractivity contribution in [1.29, 1.82) is 4.78 Å². The van der Waals surface area contributed by atoms with E-state index in [0.717, 1.165) is 23.9 Å². The Labute approximate surface area is 161 Å². The van der Waals surface area contributed by atoms with E-state index in [2.05, 4.69) is 4.99 Å². The van der Waals surface area contributed by atoms with Crippen LogP contribution in [0.5, 0.6) is 0 Å². The van der Waals surface area contributed by atoms with Crippen molar-refractivity contribution in [3.63, 3.8) is 0 Å². The molecule has 1 heterocycles. The number of hydrogen-bond donors (Lipinski definition) is 2. The summed E-state index contributed by atoms with van der Waals surface area (Å²) in [4.78, 5) is 5.11. The van der Waals surface area contributed by atoms with Crippen LogP contribution in [0.4, 0.5) is 18.9 Å². The molecule has 5 nitrogen and oxygen atoms in total. The number of guanidine groups is 1. The van der Waals surface area contributed by atoms with Gasteiger partial charge in [0, 0.05) is 33.3 Å². The van der Waals surface area contributed by atoms with E-state index in [1.54, 1.807) is 25.1 Å². The topological polar surface area (TPSA) is 82.5 Å². The zero-order valence-electron chi connectivity index (χ0n) is 15.2. The van der Waals surface area contributed by atoms with Gasteiger partial charge >= 0.3 is 0 Å². The highest BCUT2D eigenvalue weighted by atomic mass is 32.2. The number of nitrogens with zero attached hydrogens (tertiary/aromatic N) is 2. The number of benzene rings is 2. The predicted octanol–water partition coefficient (Wildman–Crippen LogP) is 4.14. The first-order valence-corrected chi connectivity index (χ1v) is 10.4. The number of aryl methyl sites for hydroxylation is 1. The van der Waals surface area contributed by atoms with E-state index in [4.69, 9.17) is 10.5 Å². The number of nitrogens with one attached hydrogen (secondary N) is 1. The van der Waals surface area contributed by atoms with Crippen LogP contribution in [-0.2, 0) is 15.5 Å². The summed E-state index contributed by atoms with van der Waals surface area (Å²) in [5.74, 6) is -2.53. The molecule has 148 valence electrons. The summed E-state index contributed by atoms with van der Waals surface area (Å²) in [5, 5.41) is 0. The molecule has 0 amide bonds. The fraction of sp³-hybridized carbons (Fsp3) is 0.211. The van der Waals surface area contributed by atoms with Crippen molar-refractivity contribution in [2.24, 2.45) is 10.7 Å². The Hall–Kier alpha value is -2.81. The minimum atomic E-state index is -2.81. The highest BCUT2D eigenvalue weighted by Gasteiger charge is 2.33. The average Bonchev–Trinajstić information content (AvgIpc) is 2.55. The molecule has 2 atom stereocenters. The van der Waals surface area contributed by atoms with Crippen molar-refractivity contribution in [3.05, 3.63) is 76.7 Å². The summed E-state index contributed by atoms with van der Waals surface area (Å²) in [6, 6.07) is 6.68. The molecule has 1 aliphatic heterocycles. The molecule has 3 N–H and O–H groups in total. The lowest BCUT2D eigenvalue weighted by Crippen LogP contribution is -2.42. The van der Waals surface area contributed by atoms with Gasteiger partial charge in [-0.1, -0.05) is 12.1 Å². The van der Waals surface area contributed by atoms with Crippen molar-refractivity contribution in [2.45, 2.75) is 18.7 Å². The lowest BCUT2D eigenvalue weighted by Gasteiger charge is -2.34. The highest BCUT2D eigenvalue weighted by molar-refractivity contribution is 7.90. The molecule has 0 fully saturated rings. The Bertz CT molecular complexity index is 1100. The summed E-state index contributed by atoms with van der Waals surface area (Å²) in [6.45, 7) is 1.78. The van der Waals surface area contributed by atoms with Gasteiger partial charge in [0.15, 0.2) is 0 Å². The van der Waals surface area contributed by atoms with E-state index in [1.165, 1.54) is 11.2 Å². The maximum absolute atomic E-state index is 14.7. The van der Waals surface area contributed by atoms with Crippen LogP contribution in [0.2, 0.25) is 0 Å². The van der Waals surface area contributed by atoms with E-state index >= 15 is 0 Å². The number of rotatable bonds is 4. The van der Waals surface area contributed by atoms with Crippen LogP contribution >= 0.6 is 0 Å². The zero-order chi connectivity index (χ0) is 20.6. The summed E-state index contributed by atoms with van der Waals surface area (Å²) in [5.41, 5.74) is 7.64. The summed E-state index contributed by atoms with van der Waals surface area (Å²) >= 11 is 0. The maximum Gasteiger partial charge on any atom is 0.201 e. The molecule has 2 aromatic rings. The molecule has 2 unspecified atom stereocenters. The molecule has 9 heteroatoms. The van der Waals surface area contributed by atoms with Gasteiger partial charge in [0.2, 0.25) is 5.96 Å². The van der Waals surface area contributed by atoms with Crippen molar-refractivity contribution < 1.29 is 17.4 Å². The van der Waals surface area contributed by atoms with Crippen molar-refractivity contribution >= 4 is 21.4 Å². The van der Waals surface area contributed by atoms with Crippen LogP contribution in [0.3, 0.4) is 0 Å². The SMILES string of the molecule is Cc1cc(CS(C)(=N)=O)cc(N2C(N)=NC=C(F)C2c2ccc(F)cc2F)c1. The van der Waals surface area contributed by atoms with E-state index in [0.29, 0.717) is 17.3 Å². The molecular formula is C19H19F3N4OS. The predicted molar refractivity (Wildman–Crippen MR) is 104 cm³/mol. The van der Waals surface area contributed by atoms with Crippen LogP contribution in [0.15, 0.2) is 53.4 Å². The fourth-order valence-corrected chi connectivity index (χ4v) is 3.99. The third-order valence-electron chi connectivity index (χ3n) is 4.19. The van der Waals surface area contributed by atoms with Gasteiger partial charge < -0.3 is 5.73 Å². The molecule has 0 radical (unpaired) electrons. The number of anilines is 1. The molecule has 0 aliphatic carbocycles. The first-order valence-electron chi connectivity index (χ1n) is 8.30. The molecule has 0 aromatic heterocycles. The van der Waals surface area contributed by atoms with Crippen LogP contribution < -0.4 is 10.6 Å². The van der Waals surface area contributed by atoms with Gasteiger partial charge in [0.1, 0.15) is 23.5 Å². The average molecular weight is 408 g/mol. The van der Waals surface area contributed by atoms with Crippen LogP contribution in [0, 0.1) is 23.3 Å². The molecule has 0 saturated carbocycles. The van der Waals surface area contributed by atoms with Gasteiger partial charge in [0.05, 0.1) is 12.0 Å². The molecule has 0 spiro atoms. The normalized spacial score (nSPS) is 19.0. The lowest BCUT2D eigenvalue weighted by atomic mass is 10.0. The van der Waals surface area contributed by atoms with Crippen LogP contribution in [-0.4, -0.2) is 16.4 Å². The number of nitrogens with two attached hydrogens (primary N) is 1. The Balaban J connectivity index is 2.14. The second-order valence-corrected chi connectivity index (χ2v) is 9.06. The Kier molecular flexibility index (Phi) is 5.20. The zero-order valence-corrected chi connectivity index (χ0v) is 16.1. The van der Waals surface area contributed by atoms with Crippen LogP contribution in [0.25, 0.3) is 0 Å². The molecule has 28 heavy (non-hydrogen) atoms. The van der Waals surface area contributed by atoms with Crippen molar-refractivity contribution in [2.75, 3.05) is 11.2 Å². The van der Waals surface area contributed by atoms with Gasteiger partial charge in [-0.25, -0.2) is 22.4 Å². The van der Waals surface area contributed by atoms with E-state index in [9.17, 15) is 17.4 Å². The lowest BCUT2D eigenvalue weighted by molar-refractivity contribution is 0.511. The van der Waals surface area contributed by atoms with E-state index in [-0.39, 0.29) is 17.3 Å². The molecule has 0 saturated heterocycles. The Morgan fingerprint density at radius 2 is 1.93 bits per heavy atom. The van der Waals surface area contributed by atoms with Gasteiger partial charge in [-0.05, 0) is 36.2 Å². The Morgan fingerprint density at radius 3 is 2.57 bits per heavy atom. The minimum absolute atomic E-state index is 0.000461. The maximum atomic E-state index is 14.7. The molecule has 1 aliphatic rings. The number of hydrogen-bond acceptors (Lipinski definition) is 5. The third kappa shape index (κ3) is 4.19. The first-order chi connectivity index (χ1) is 13.0. The highest BCUT2D eigenvalue weighted by Crippen LogP contribution is 2.38. The minimum Gasteiger partial charge on any atom is -0.369 e. The number of aliphatic imine (C=N–C) groups is 1.